The summed E-state index contributed by atoms with van der Waals surface area (Å²) in [5.41, 5.74) is 2.64. The third-order valence-electron chi connectivity index (χ3n) is 4.10. The van der Waals surface area contributed by atoms with E-state index in [1.807, 2.05) is 6.07 Å². The van der Waals surface area contributed by atoms with E-state index in [1.54, 1.807) is 7.11 Å². The fourth-order valence-electron chi connectivity index (χ4n) is 2.95. The lowest BCUT2D eigenvalue weighted by atomic mass is 10.0. The summed E-state index contributed by atoms with van der Waals surface area (Å²) in [6, 6.07) is 6.74. The molecule has 0 saturated carbocycles. The zero-order valence-corrected chi connectivity index (χ0v) is 11.8. The molecule has 1 aliphatic heterocycles. The van der Waals surface area contributed by atoms with Crippen LogP contribution in [0.25, 0.3) is 10.9 Å². The van der Waals surface area contributed by atoms with Crippen molar-refractivity contribution in [2.75, 3.05) is 33.8 Å². The molecule has 19 heavy (non-hydrogen) atoms. The van der Waals surface area contributed by atoms with Crippen LogP contribution in [0.4, 0.5) is 0 Å². The van der Waals surface area contributed by atoms with Crippen molar-refractivity contribution >= 4 is 10.9 Å². The molecule has 1 fully saturated rings. The molecular formula is C15H21N3O. The van der Waals surface area contributed by atoms with E-state index >= 15 is 0 Å². The number of aromatic nitrogens is 1. The molecule has 2 heterocycles. The van der Waals surface area contributed by atoms with Crippen molar-refractivity contribution in [1.82, 2.24) is 14.8 Å². The standard InChI is InChI=1S/C15H21N3O/c1-17-7-6-16-9-15(17)13-10-18(2)14-5-4-11(19-3)8-12(13)14/h4-5,8,10,15-16H,6-7,9H2,1-3H3. The van der Waals surface area contributed by atoms with Crippen molar-refractivity contribution in [3.05, 3.63) is 30.0 Å². The van der Waals surface area contributed by atoms with Crippen LogP contribution in [0.3, 0.4) is 0 Å². The summed E-state index contributed by atoms with van der Waals surface area (Å²) in [4.78, 5) is 2.42. The first-order chi connectivity index (χ1) is 9.20. The smallest absolute Gasteiger partial charge is 0.119 e. The van der Waals surface area contributed by atoms with Gasteiger partial charge in [0.1, 0.15) is 5.75 Å². The van der Waals surface area contributed by atoms with E-state index in [-0.39, 0.29) is 0 Å². The van der Waals surface area contributed by atoms with Crippen LogP contribution in [-0.2, 0) is 7.05 Å². The molecule has 2 aromatic rings. The molecule has 1 unspecified atom stereocenters. The molecule has 0 bridgehead atoms. The Morgan fingerprint density at radius 1 is 1.32 bits per heavy atom. The Morgan fingerprint density at radius 2 is 2.16 bits per heavy atom. The van der Waals surface area contributed by atoms with Crippen molar-refractivity contribution in [3.8, 4) is 5.75 Å². The largest absolute Gasteiger partial charge is 0.497 e. The highest BCUT2D eigenvalue weighted by Crippen LogP contribution is 2.32. The van der Waals surface area contributed by atoms with Crippen molar-refractivity contribution in [2.45, 2.75) is 6.04 Å². The quantitative estimate of drug-likeness (QED) is 0.891. The lowest BCUT2D eigenvalue weighted by Gasteiger charge is -2.33. The molecule has 1 atom stereocenters. The van der Waals surface area contributed by atoms with Gasteiger partial charge in [0, 0.05) is 49.8 Å². The lowest BCUT2D eigenvalue weighted by Crippen LogP contribution is -2.43. The third kappa shape index (κ3) is 2.11. The van der Waals surface area contributed by atoms with Crippen LogP contribution in [0.5, 0.6) is 5.75 Å². The normalized spacial score (nSPS) is 20.9. The van der Waals surface area contributed by atoms with E-state index in [9.17, 15) is 0 Å². The Morgan fingerprint density at radius 3 is 2.89 bits per heavy atom. The highest BCUT2D eigenvalue weighted by molar-refractivity contribution is 5.86. The molecule has 3 rings (SSSR count). The van der Waals surface area contributed by atoms with Gasteiger partial charge < -0.3 is 14.6 Å². The van der Waals surface area contributed by atoms with Crippen LogP contribution >= 0.6 is 0 Å². The minimum atomic E-state index is 0.435. The second kappa shape index (κ2) is 4.87. The van der Waals surface area contributed by atoms with Gasteiger partial charge in [0.15, 0.2) is 0 Å². The number of nitrogens with one attached hydrogen (secondary N) is 1. The van der Waals surface area contributed by atoms with Gasteiger partial charge in [-0.3, -0.25) is 4.90 Å². The van der Waals surface area contributed by atoms with Crippen molar-refractivity contribution in [2.24, 2.45) is 7.05 Å². The van der Waals surface area contributed by atoms with Gasteiger partial charge in [0.05, 0.1) is 7.11 Å². The maximum Gasteiger partial charge on any atom is 0.119 e. The average Bonchev–Trinajstić information content (AvgIpc) is 2.76. The number of piperazine rings is 1. The van der Waals surface area contributed by atoms with Gasteiger partial charge in [-0.1, -0.05) is 0 Å². The zero-order chi connectivity index (χ0) is 13.4. The SMILES string of the molecule is COc1ccc2c(c1)c(C1CNCCN1C)cn2C. The average molecular weight is 259 g/mol. The first-order valence-corrected chi connectivity index (χ1v) is 6.74. The summed E-state index contributed by atoms with van der Waals surface area (Å²) >= 11 is 0. The maximum absolute atomic E-state index is 5.36. The minimum Gasteiger partial charge on any atom is -0.497 e. The number of fused-ring (bicyclic) bond motifs is 1. The van der Waals surface area contributed by atoms with Crippen molar-refractivity contribution in [3.63, 3.8) is 0 Å². The predicted octanol–water partition coefficient (Wildman–Crippen LogP) is 1.76. The second-order valence-electron chi connectivity index (χ2n) is 5.28. The summed E-state index contributed by atoms with van der Waals surface area (Å²) < 4.78 is 7.56. The minimum absolute atomic E-state index is 0.435. The first kappa shape index (κ1) is 12.5. The summed E-state index contributed by atoms with van der Waals surface area (Å²) in [5, 5.41) is 4.78. The van der Waals surface area contributed by atoms with Gasteiger partial charge in [0.25, 0.3) is 0 Å². The maximum atomic E-state index is 5.36. The van der Waals surface area contributed by atoms with Gasteiger partial charge in [-0.15, -0.1) is 0 Å². The summed E-state index contributed by atoms with van der Waals surface area (Å²) in [7, 11) is 6.02. The van der Waals surface area contributed by atoms with E-state index in [4.69, 9.17) is 4.74 Å². The summed E-state index contributed by atoms with van der Waals surface area (Å²) in [6.07, 6.45) is 2.25. The number of nitrogens with zero attached hydrogens (tertiary/aromatic N) is 2. The van der Waals surface area contributed by atoms with Crippen LogP contribution in [0, 0.1) is 0 Å². The van der Waals surface area contributed by atoms with E-state index < -0.39 is 0 Å². The molecule has 0 radical (unpaired) electrons. The van der Waals surface area contributed by atoms with Gasteiger partial charge in [-0.05, 0) is 30.8 Å². The molecule has 1 aliphatic rings. The van der Waals surface area contributed by atoms with E-state index in [0.717, 1.165) is 25.4 Å². The molecule has 4 nitrogen and oxygen atoms in total. The summed E-state index contributed by atoms with van der Waals surface area (Å²) in [5.74, 6) is 0.923. The topological polar surface area (TPSA) is 29.4 Å². The number of aryl methyl sites for hydroxylation is 1. The number of methoxy groups -OCH3 is 1. The third-order valence-corrected chi connectivity index (χ3v) is 4.10. The second-order valence-corrected chi connectivity index (χ2v) is 5.28. The molecule has 4 heteroatoms. The zero-order valence-electron chi connectivity index (χ0n) is 11.8. The number of hydrogen-bond donors (Lipinski definition) is 1. The van der Waals surface area contributed by atoms with Gasteiger partial charge in [-0.25, -0.2) is 0 Å². The van der Waals surface area contributed by atoms with E-state index in [0.29, 0.717) is 6.04 Å². The number of ether oxygens (including phenoxy) is 1. The van der Waals surface area contributed by atoms with Gasteiger partial charge in [0.2, 0.25) is 0 Å². The molecule has 0 aliphatic carbocycles. The lowest BCUT2D eigenvalue weighted by molar-refractivity contribution is 0.203. The predicted molar refractivity (Wildman–Crippen MR) is 77.7 cm³/mol. The summed E-state index contributed by atoms with van der Waals surface area (Å²) in [6.45, 7) is 3.17. The fourth-order valence-corrected chi connectivity index (χ4v) is 2.95. The Labute approximate surface area is 114 Å². The Balaban J connectivity index is 2.11. The van der Waals surface area contributed by atoms with Crippen LogP contribution < -0.4 is 10.1 Å². The van der Waals surface area contributed by atoms with Crippen molar-refractivity contribution in [1.29, 1.82) is 0 Å². The van der Waals surface area contributed by atoms with Crippen LogP contribution in [0.2, 0.25) is 0 Å². The van der Waals surface area contributed by atoms with Crippen LogP contribution in [0.15, 0.2) is 24.4 Å². The number of benzene rings is 1. The molecule has 102 valence electrons. The Bertz CT molecular complexity index is 590. The molecular weight excluding hydrogens is 238 g/mol. The van der Waals surface area contributed by atoms with E-state index in [1.165, 1.54) is 16.5 Å². The van der Waals surface area contributed by atoms with Crippen molar-refractivity contribution < 1.29 is 4.74 Å². The fraction of sp³-hybridized carbons (Fsp3) is 0.467. The van der Waals surface area contributed by atoms with Crippen LogP contribution in [-0.4, -0.2) is 43.3 Å². The Hall–Kier alpha value is -1.52. The Kier molecular flexibility index (Phi) is 3.21. The molecule has 0 amide bonds. The highest BCUT2D eigenvalue weighted by Gasteiger charge is 2.23. The van der Waals surface area contributed by atoms with Crippen LogP contribution in [0.1, 0.15) is 11.6 Å². The monoisotopic (exact) mass is 259 g/mol. The van der Waals surface area contributed by atoms with Gasteiger partial charge in [-0.2, -0.15) is 0 Å². The molecule has 1 N–H and O–H groups in total. The first-order valence-electron chi connectivity index (χ1n) is 6.74. The number of rotatable bonds is 2. The number of hydrogen-bond acceptors (Lipinski definition) is 3. The molecule has 1 aromatic carbocycles. The molecule has 1 aromatic heterocycles. The highest BCUT2D eigenvalue weighted by atomic mass is 16.5. The molecule has 1 saturated heterocycles. The number of likely N-dealkylation sites (N-methyl/N-ethyl adjacent to an activating group) is 1. The molecule has 0 spiro atoms. The van der Waals surface area contributed by atoms with Gasteiger partial charge >= 0.3 is 0 Å². The van der Waals surface area contributed by atoms with E-state index in [2.05, 4.69) is 47.2 Å².